The fraction of sp³-hybridized carbons (Fsp3) is 0.400. The number of aliphatic hydroxyl groups is 1. The van der Waals surface area contributed by atoms with E-state index in [1.54, 1.807) is 31.2 Å². The van der Waals surface area contributed by atoms with Crippen LogP contribution in [0.25, 0.3) is 0 Å². The molecule has 2 rings (SSSR count). The molecule has 1 aromatic heterocycles. The smallest absolute Gasteiger partial charge is 0.341 e. The molecule has 2 atom stereocenters. The van der Waals surface area contributed by atoms with Crippen LogP contribution in [0.5, 0.6) is 5.75 Å². The number of carbonyl (C=O) groups excluding carboxylic acids is 2. The number of nitrogens with one attached hydrogen (secondary N) is 1. The molecule has 1 amide bonds. The second-order valence-electron chi connectivity index (χ2n) is 6.56. The number of hydrogen-bond acceptors (Lipinski definition) is 7. The van der Waals surface area contributed by atoms with Gasteiger partial charge in [-0.2, -0.15) is 0 Å². The van der Waals surface area contributed by atoms with E-state index in [4.69, 9.17) is 15.2 Å². The Morgan fingerprint density at radius 2 is 2.04 bits per heavy atom. The lowest BCUT2D eigenvalue weighted by Crippen LogP contribution is -2.42. The molecule has 0 bridgehead atoms. The normalized spacial score (nSPS) is 13.1. The standard InChI is InChI=1S/C20H26N2O5S/c1-4-26-20(25)14-10-13(22-19(24)17-6-5-9-28-17)7-8-16(14)27-11-15(23)18(21)12(2)3/h5-10,12,15,18,23H,4,11,21H2,1-3H3,(H,22,24). The zero-order valence-electron chi connectivity index (χ0n) is 16.2. The van der Waals surface area contributed by atoms with Crippen molar-refractivity contribution in [2.75, 3.05) is 18.5 Å². The molecule has 0 radical (unpaired) electrons. The summed E-state index contributed by atoms with van der Waals surface area (Å²) in [7, 11) is 0. The van der Waals surface area contributed by atoms with Crippen molar-refractivity contribution in [2.45, 2.75) is 32.9 Å². The van der Waals surface area contributed by atoms with Gasteiger partial charge in [0.15, 0.2) is 0 Å². The molecular weight excluding hydrogens is 380 g/mol. The van der Waals surface area contributed by atoms with Crippen LogP contribution >= 0.6 is 11.3 Å². The molecule has 7 nitrogen and oxygen atoms in total. The van der Waals surface area contributed by atoms with Gasteiger partial charge >= 0.3 is 5.97 Å². The number of nitrogens with two attached hydrogens (primary N) is 1. The zero-order valence-corrected chi connectivity index (χ0v) is 17.0. The summed E-state index contributed by atoms with van der Waals surface area (Å²) >= 11 is 1.32. The first-order valence-corrected chi connectivity index (χ1v) is 9.93. The molecule has 0 aliphatic heterocycles. The molecule has 4 N–H and O–H groups in total. The average Bonchev–Trinajstić information content (AvgIpc) is 3.21. The molecule has 0 aliphatic carbocycles. The Bertz CT molecular complexity index is 792. The average molecular weight is 407 g/mol. The molecule has 0 spiro atoms. The lowest BCUT2D eigenvalue weighted by Gasteiger charge is -2.23. The highest BCUT2D eigenvalue weighted by Gasteiger charge is 2.21. The van der Waals surface area contributed by atoms with E-state index in [0.29, 0.717) is 10.6 Å². The minimum absolute atomic E-state index is 0.0628. The highest BCUT2D eigenvalue weighted by molar-refractivity contribution is 7.12. The summed E-state index contributed by atoms with van der Waals surface area (Å²) in [6.07, 6.45) is -0.881. The van der Waals surface area contributed by atoms with Gasteiger partial charge < -0.3 is 25.6 Å². The third-order valence-corrected chi connectivity index (χ3v) is 4.97. The van der Waals surface area contributed by atoms with Crippen LogP contribution in [-0.2, 0) is 4.74 Å². The Labute approximate surface area is 168 Å². The number of aliphatic hydroxyl groups excluding tert-OH is 1. The minimum atomic E-state index is -0.881. The van der Waals surface area contributed by atoms with Crippen molar-refractivity contribution in [1.29, 1.82) is 0 Å². The van der Waals surface area contributed by atoms with Crippen molar-refractivity contribution < 1.29 is 24.2 Å². The summed E-state index contributed by atoms with van der Waals surface area (Å²) in [5.41, 5.74) is 6.53. The summed E-state index contributed by atoms with van der Waals surface area (Å²) in [5.74, 6) is -0.510. The van der Waals surface area contributed by atoms with E-state index in [1.165, 1.54) is 17.4 Å². The van der Waals surface area contributed by atoms with Crippen LogP contribution in [0.3, 0.4) is 0 Å². The first-order chi connectivity index (χ1) is 13.3. The van der Waals surface area contributed by atoms with E-state index in [-0.39, 0.29) is 36.4 Å². The number of carbonyl (C=O) groups is 2. The van der Waals surface area contributed by atoms with Gasteiger partial charge in [0.05, 0.1) is 11.5 Å². The quantitative estimate of drug-likeness (QED) is 0.552. The second kappa shape index (κ2) is 10.2. The number of esters is 1. The predicted octanol–water partition coefficient (Wildman–Crippen LogP) is 2.90. The van der Waals surface area contributed by atoms with E-state index in [0.717, 1.165) is 0 Å². The molecule has 0 saturated carbocycles. The van der Waals surface area contributed by atoms with Crippen molar-refractivity contribution >= 4 is 28.9 Å². The highest BCUT2D eigenvalue weighted by Crippen LogP contribution is 2.25. The monoisotopic (exact) mass is 406 g/mol. The van der Waals surface area contributed by atoms with Crippen LogP contribution in [-0.4, -0.2) is 42.3 Å². The number of anilines is 1. The van der Waals surface area contributed by atoms with Crippen LogP contribution in [0.1, 0.15) is 40.8 Å². The summed E-state index contributed by atoms with van der Waals surface area (Å²) in [6.45, 7) is 5.65. The zero-order chi connectivity index (χ0) is 20.7. The first-order valence-electron chi connectivity index (χ1n) is 9.06. The number of ether oxygens (including phenoxy) is 2. The second-order valence-corrected chi connectivity index (χ2v) is 7.51. The number of benzene rings is 1. The van der Waals surface area contributed by atoms with Gasteiger partial charge in [0.1, 0.15) is 24.0 Å². The van der Waals surface area contributed by atoms with Crippen LogP contribution < -0.4 is 15.8 Å². The molecule has 28 heavy (non-hydrogen) atoms. The lowest BCUT2D eigenvalue weighted by atomic mass is 10.0. The van der Waals surface area contributed by atoms with Crippen molar-refractivity contribution in [3.05, 3.63) is 46.2 Å². The maximum Gasteiger partial charge on any atom is 0.341 e. The number of amides is 1. The number of hydrogen-bond donors (Lipinski definition) is 3. The van der Waals surface area contributed by atoms with Crippen molar-refractivity contribution in [3.63, 3.8) is 0 Å². The maximum absolute atomic E-state index is 12.3. The van der Waals surface area contributed by atoms with E-state index in [1.807, 2.05) is 19.2 Å². The number of rotatable bonds is 9. The third kappa shape index (κ3) is 5.79. The van der Waals surface area contributed by atoms with E-state index < -0.39 is 18.1 Å². The van der Waals surface area contributed by atoms with Gasteiger partial charge in [-0.05, 0) is 42.5 Å². The Balaban J connectivity index is 2.17. The van der Waals surface area contributed by atoms with Crippen LogP contribution in [0, 0.1) is 5.92 Å². The van der Waals surface area contributed by atoms with Gasteiger partial charge in [0, 0.05) is 11.7 Å². The van der Waals surface area contributed by atoms with Crippen LogP contribution in [0.15, 0.2) is 35.7 Å². The van der Waals surface area contributed by atoms with Crippen LogP contribution in [0.2, 0.25) is 0 Å². The Hall–Kier alpha value is -2.42. The first kappa shape index (κ1) is 21.9. The summed E-state index contributed by atoms with van der Waals surface area (Å²) in [5, 5.41) is 14.7. The Kier molecular flexibility index (Phi) is 7.98. The van der Waals surface area contributed by atoms with Gasteiger partial charge in [-0.25, -0.2) is 4.79 Å². The molecule has 1 heterocycles. The van der Waals surface area contributed by atoms with Crippen molar-refractivity contribution in [1.82, 2.24) is 0 Å². The van der Waals surface area contributed by atoms with Gasteiger partial charge in [-0.15, -0.1) is 11.3 Å². The topological polar surface area (TPSA) is 111 Å². The molecule has 2 aromatic rings. The molecule has 0 fully saturated rings. The number of thiophene rings is 1. The van der Waals surface area contributed by atoms with Gasteiger partial charge in [0.25, 0.3) is 5.91 Å². The van der Waals surface area contributed by atoms with Gasteiger partial charge in [-0.1, -0.05) is 19.9 Å². The molecule has 2 unspecified atom stereocenters. The summed E-state index contributed by atoms with van der Waals surface area (Å²) in [6, 6.07) is 7.72. The highest BCUT2D eigenvalue weighted by atomic mass is 32.1. The fourth-order valence-electron chi connectivity index (χ4n) is 2.43. The minimum Gasteiger partial charge on any atom is -0.490 e. The Morgan fingerprint density at radius 3 is 2.64 bits per heavy atom. The van der Waals surface area contributed by atoms with Gasteiger partial charge in [0.2, 0.25) is 0 Å². The van der Waals surface area contributed by atoms with Crippen LogP contribution in [0.4, 0.5) is 5.69 Å². The fourth-order valence-corrected chi connectivity index (χ4v) is 3.05. The summed E-state index contributed by atoms with van der Waals surface area (Å²) in [4.78, 5) is 25.1. The van der Waals surface area contributed by atoms with Crippen molar-refractivity contribution in [2.24, 2.45) is 11.7 Å². The summed E-state index contributed by atoms with van der Waals surface area (Å²) < 4.78 is 10.7. The molecular formula is C20H26N2O5S. The third-order valence-electron chi connectivity index (χ3n) is 4.10. The molecule has 152 valence electrons. The van der Waals surface area contributed by atoms with E-state index >= 15 is 0 Å². The molecule has 0 saturated heterocycles. The van der Waals surface area contributed by atoms with E-state index in [2.05, 4.69) is 5.32 Å². The predicted molar refractivity (Wildman–Crippen MR) is 109 cm³/mol. The lowest BCUT2D eigenvalue weighted by molar-refractivity contribution is 0.0504. The van der Waals surface area contributed by atoms with E-state index in [9.17, 15) is 14.7 Å². The SMILES string of the molecule is CCOC(=O)c1cc(NC(=O)c2cccs2)ccc1OCC(O)C(N)C(C)C. The molecule has 0 aliphatic rings. The van der Waals surface area contributed by atoms with Crippen molar-refractivity contribution in [3.8, 4) is 5.75 Å². The maximum atomic E-state index is 12.3. The Morgan fingerprint density at radius 1 is 1.29 bits per heavy atom. The van der Waals surface area contributed by atoms with Gasteiger partial charge in [-0.3, -0.25) is 4.79 Å². The molecule has 1 aromatic carbocycles. The molecule has 8 heteroatoms. The largest absolute Gasteiger partial charge is 0.490 e.